The van der Waals surface area contributed by atoms with E-state index in [4.69, 9.17) is 29.0 Å². The van der Waals surface area contributed by atoms with Crippen molar-refractivity contribution in [1.82, 2.24) is 0 Å². The van der Waals surface area contributed by atoms with Crippen molar-refractivity contribution in [2.75, 3.05) is 11.5 Å². The van der Waals surface area contributed by atoms with Crippen LogP contribution in [-0.2, 0) is 10.4 Å². The number of hydrogen-bond acceptors (Lipinski definition) is 4. The van der Waals surface area contributed by atoms with E-state index in [-0.39, 0.29) is 0 Å². The van der Waals surface area contributed by atoms with Gasteiger partial charge in [0.2, 0.25) is 0 Å². The summed E-state index contributed by atoms with van der Waals surface area (Å²) < 4.78 is 31.6. The molecule has 0 unspecified atom stereocenters. The third kappa shape index (κ3) is 5.89. The summed E-state index contributed by atoms with van der Waals surface area (Å²) in [4.78, 5) is 0. The van der Waals surface area contributed by atoms with Gasteiger partial charge in [-0.1, -0.05) is 0 Å². The van der Waals surface area contributed by atoms with Gasteiger partial charge in [0.1, 0.15) is 0 Å². The normalized spacial score (nSPS) is 10.4. The van der Waals surface area contributed by atoms with Crippen molar-refractivity contribution in [3.8, 4) is 0 Å². The van der Waals surface area contributed by atoms with Crippen LogP contribution in [0.5, 0.6) is 0 Å². The van der Waals surface area contributed by atoms with E-state index in [1.54, 1.807) is 0 Å². The zero-order valence-electron chi connectivity index (χ0n) is 8.43. The van der Waals surface area contributed by atoms with Crippen LogP contribution in [0.2, 0.25) is 0 Å². The second-order valence-electron chi connectivity index (χ2n) is 2.94. The van der Waals surface area contributed by atoms with Gasteiger partial charge in [-0.25, -0.2) is 0 Å². The SMILES string of the molecule is Cc1c(N)ccc(N)c1C.O=S(=O)(O)O. The quantitative estimate of drug-likeness (QED) is 0.388. The fourth-order valence-corrected chi connectivity index (χ4v) is 0.863. The third-order valence-electron chi connectivity index (χ3n) is 1.87. The summed E-state index contributed by atoms with van der Waals surface area (Å²) in [6.07, 6.45) is 0. The standard InChI is InChI=1S/C8H12N2.H2O4S/c1-5-6(2)8(10)4-3-7(5)9;1-5(2,3)4/h3-4H,9-10H2,1-2H3;(H2,1,2,3,4). The molecular weight excluding hydrogens is 220 g/mol. The highest BCUT2D eigenvalue weighted by molar-refractivity contribution is 7.79. The molecule has 7 heteroatoms. The Morgan fingerprint density at radius 1 is 1.00 bits per heavy atom. The van der Waals surface area contributed by atoms with Crippen molar-refractivity contribution in [1.29, 1.82) is 0 Å². The molecule has 0 radical (unpaired) electrons. The molecule has 15 heavy (non-hydrogen) atoms. The first-order chi connectivity index (χ1) is 6.63. The van der Waals surface area contributed by atoms with Crippen LogP contribution in [0.15, 0.2) is 12.1 Å². The van der Waals surface area contributed by atoms with E-state index < -0.39 is 10.4 Å². The number of nitrogen functional groups attached to an aromatic ring is 2. The molecule has 0 aliphatic carbocycles. The van der Waals surface area contributed by atoms with E-state index in [0.29, 0.717) is 0 Å². The van der Waals surface area contributed by atoms with Gasteiger partial charge in [0.25, 0.3) is 0 Å². The van der Waals surface area contributed by atoms with Gasteiger partial charge in [0.15, 0.2) is 0 Å². The minimum Gasteiger partial charge on any atom is -0.399 e. The molecule has 1 aromatic rings. The number of hydrogen-bond donors (Lipinski definition) is 4. The van der Waals surface area contributed by atoms with Gasteiger partial charge in [0, 0.05) is 11.4 Å². The van der Waals surface area contributed by atoms with Gasteiger partial charge < -0.3 is 11.5 Å². The number of nitrogens with two attached hydrogens (primary N) is 2. The molecule has 1 aromatic carbocycles. The molecule has 0 atom stereocenters. The van der Waals surface area contributed by atoms with E-state index >= 15 is 0 Å². The lowest BCUT2D eigenvalue weighted by Crippen LogP contribution is -1.96. The van der Waals surface area contributed by atoms with Gasteiger partial charge >= 0.3 is 10.4 Å². The largest absolute Gasteiger partial charge is 0.399 e. The Labute approximate surface area is 88.5 Å². The molecule has 0 heterocycles. The van der Waals surface area contributed by atoms with Gasteiger partial charge in [-0.2, -0.15) is 8.42 Å². The lowest BCUT2D eigenvalue weighted by Gasteiger charge is -2.05. The minimum absolute atomic E-state index is 0.812. The van der Waals surface area contributed by atoms with E-state index in [2.05, 4.69) is 0 Å². The molecule has 6 nitrogen and oxygen atoms in total. The van der Waals surface area contributed by atoms with Crippen molar-refractivity contribution >= 4 is 21.8 Å². The monoisotopic (exact) mass is 234 g/mol. The molecule has 1 rings (SSSR count). The lowest BCUT2D eigenvalue weighted by atomic mass is 10.1. The fraction of sp³-hybridized carbons (Fsp3) is 0.250. The first kappa shape index (κ1) is 13.7. The number of rotatable bonds is 0. The molecule has 0 amide bonds. The Kier molecular flexibility index (Phi) is 4.53. The highest BCUT2D eigenvalue weighted by Crippen LogP contribution is 2.20. The van der Waals surface area contributed by atoms with Crippen molar-refractivity contribution in [3.05, 3.63) is 23.3 Å². The first-order valence-electron chi connectivity index (χ1n) is 3.94. The summed E-state index contributed by atoms with van der Waals surface area (Å²) in [7, 11) is -4.67. The van der Waals surface area contributed by atoms with Crippen molar-refractivity contribution in [3.63, 3.8) is 0 Å². The Morgan fingerprint density at radius 2 is 1.20 bits per heavy atom. The maximum atomic E-state index is 8.74. The molecule has 86 valence electrons. The molecule has 0 aliphatic heterocycles. The average molecular weight is 234 g/mol. The molecule has 0 saturated carbocycles. The Bertz CT molecular complexity index is 407. The van der Waals surface area contributed by atoms with E-state index in [9.17, 15) is 0 Å². The predicted octanol–water partition coefficient (Wildman–Crippen LogP) is 0.815. The third-order valence-corrected chi connectivity index (χ3v) is 1.87. The minimum atomic E-state index is -4.67. The van der Waals surface area contributed by atoms with Crippen molar-refractivity contribution in [2.45, 2.75) is 13.8 Å². The van der Waals surface area contributed by atoms with Gasteiger partial charge in [-0.05, 0) is 37.1 Å². The van der Waals surface area contributed by atoms with Crippen molar-refractivity contribution in [2.24, 2.45) is 0 Å². The van der Waals surface area contributed by atoms with Crippen LogP contribution in [0.1, 0.15) is 11.1 Å². The topological polar surface area (TPSA) is 127 Å². The van der Waals surface area contributed by atoms with Crippen LogP contribution in [0.3, 0.4) is 0 Å². The second kappa shape index (κ2) is 4.96. The van der Waals surface area contributed by atoms with Crippen LogP contribution in [-0.4, -0.2) is 17.5 Å². The van der Waals surface area contributed by atoms with Crippen LogP contribution in [0.25, 0.3) is 0 Å². The molecule has 0 spiro atoms. The average Bonchev–Trinajstić information content (AvgIpc) is 2.05. The van der Waals surface area contributed by atoms with Crippen LogP contribution >= 0.6 is 0 Å². The van der Waals surface area contributed by atoms with Crippen molar-refractivity contribution < 1.29 is 17.5 Å². The summed E-state index contributed by atoms with van der Waals surface area (Å²) in [5.41, 5.74) is 15.1. The van der Waals surface area contributed by atoms with Crippen LogP contribution in [0.4, 0.5) is 11.4 Å². The van der Waals surface area contributed by atoms with Gasteiger partial charge in [0.05, 0.1) is 0 Å². The Balaban J connectivity index is 0.000000336. The van der Waals surface area contributed by atoms with Crippen LogP contribution in [0, 0.1) is 13.8 Å². The maximum absolute atomic E-state index is 8.74. The highest BCUT2D eigenvalue weighted by Gasteiger charge is 1.98. The molecule has 0 bridgehead atoms. The molecular formula is C8H14N2O4S. The zero-order valence-corrected chi connectivity index (χ0v) is 9.25. The summed E-state index contributed by atoms with van der Waals surface area (Å²) >= 11 is 0. The predicted molar refractivity (Wildman–Crippen MR) is 58.9 cm³/mol. The fourth-order valence-electron chi connectivity index (χ4n) is 0.863. The Morgan fingerprint density at radius 3 is 1.40 bits per heavy atom. The van der Waals surface area contributed by atoms with E-state index in [0.717, 1.165) is 22.5 Å². The number of anilines is 2. The Hall–Kier alpha value is -1.31. The zero-order chi connectivity index (χ0) is 12.2. The molecule has 0 saturated heterocycles. The van der Waals surface area contributed by atoms with E-state index in [1.807, 2.05) is 26.0 Å². The summed E-state index contributed by atoms with van der Waals surface area (Å²) in [5, 5.41) is 0. The first-order valence-corrected chi connectivity index (χ1v) is 5.33. The van der Waals surface area contributed by atoms with E-state index in [1.165, 1.54) is 0 Å². The maximum Gasteiger partial charge on any atom is 0.394 e. The molecule has 0 aliphatic rings. The smallest absolute Gasteiger partial charge is 0.394 e. The highest BCUT2D eigenvalue weighted by atomic mass is 32.3. The molecule has 0 aromatic heterocycles. The second-order valence-corrected chi connectivity index (χ2v) is 3.84. The lowest BCUT2D eigenvalue weighted by molar-refractivity contribution is 0.381. The van der Waals surface area contributed by atoms with Gasteiger partial charge in [-0.15, -0.1) is 0 Å². The van der Waals surface area contributed by atoms with Gasteiger partial charge in [-0.3, -0.25) is 9.11 Å². The molecule has 0 fully saturated rings. The van der Waals surface area contributed by atoms with Crippen LogP contribution < -0.4 is 11.5 Å². The summed E-state index contributed by atoms with van der Waals surface area (Å²) in [6, 6.07) is 3.66. The molecule has 6 N–H and O–H groups in total. The summed E-state index contributed by atoms with van der Waals surface area (Å²) in [6.45, 7) is 3.95. The summed E-state index contributed by atoms with van der Waals surface area (Å²) in [5.74, 6) is 0. The number of benzene rings is 1.